The van der Waals surface area contributed by atoms with Crippen LogP contribution in [0.4, 0.5) is 11.4 Å². The summed E-state index contributed by atoms with van der Waals surface area (Å²) in [7, 11) is 0. The summed E-state index contributed by atoms with van der Waals surface area (Å²) >= 11 is 7.07. The Kier molecular flexibility index (Phi) is 6.63. The van der Waals surface area contributed by atoms with Crippen LogP contribution in [0.15, 0.2) is 66.3 Å². The number of halogens is 1. The number of aromatic nitrogens is 3. The maximum Gasteiger partial charge on any atom is 0.269 e. The molecule has 1 N–H and O–H groups in total. The van der Waals surface area contributed by atoms with E-state index in [2.05, 4.69) is 22.1 Å². The van der Waals surface area contributed by atoms with Crippen LogP contribution < -0.4 is 5.32 Å². The maximum atomic E-state index is 12.2. The first kappa shape index (κ1) is 20.6. The van der Waals surface area contributed by atoms with Crippen molar-refractivity contribution < 1.29 is 9.72 Å². The van der Waals surface area contributed by atoms with Crippen molar-refractivity contribution in [1.29, 1.82) is 0 Å². The van der Waals surface area contributed by atoms with Gasteiger partial charge in [-0.05, 0) is 36.4 Å². The average molecular weight is 430 g/mol. The predicted octanol–water partition coefficient (Wildman–Crippen LogP) is 4.42. The van der Waals surface area contributed by atoms with Gasteiger partial charge in [0.05, 0.1) is 10.7 Å². The van der Waals surface area contributed by atoms with Gasteiger partial charge in [0.15, 0.2) is 11.0 Å². The van der Waals surface area contributed by atoms with Crippen molar-refractivity contribution in [3.8, 4) is 11.4 Å². The van der Waals surface area contributed by atoms with E-state index in [-0.39, 0.29) is 17.3 Å². The van der Waals surface area contributed by atoms with Gasteiger partial charge in [-0.15, -0.1) is 16.8 Å². The number of carbonyl (C=O) groups excluding carboxylic acids is 1. The number of nitrogens with one attached hydrogen (secondary N) is 1. The number of amides is 1. The second-order valence-electron chi connectivity index (χ2n) is 5.85. The number of nitro benzene ring substituents is 1. The van der Waals surface area contributed by atoms with Crippen LogP contribution in [0, 0.1) is 10.1 Å². The van der Waals surface area contributed by atoms with E-state index in [0.29, 0.717) is 33.8 Å². The highest BCUT2D eigenvalue weighted by molar-refractivity contribution is 7.99. The highest BCUT2D eigenvalue weighted by Crippen LogP contribution is 2.26. The summed E-state index contributed by atoms with van der Waals surface area (Å²) in [5, 5.41) is 23.1. The van der Waals surface area contributed by atoms with Crippen LogP contribution in [0.1, 0.15) is 0 Å². The molecule has 29 heavy (non-hydrogen) atoms. The molecule has 0 unspecified atom stereocenters. The van der Waals surface area contributed by atoms with Crippen LogP contribution in [0.5, 0.6) is 0 Å². The number of carbonyl (C=O) groups is 1. The van der Waals surface area contributed by atoms with Gasteiger partial charge in [0.2, 0.25) is 5.91 Å². The first-order valence-electron chi connectivity index (χ1n) is 8.45. The number of nitrogens with zero attached hydrogens (tertiary/aromatic N) is 4. The van der Waals surface area contributed by atoms with Crippen LogP contribution >= 0.6 is 23.4 Å². The molecule has 0 bridgehead atoms. The molecule has 0 aliphatic heterocycles. The number of benzene rings is 2. The molecule has 2 aromatic carbocycles. The van der Waals surface area contributed by atoms with Crippen LogP contribution in [0.2, 0.25) is 5.02 Å². The van der Waals surface area contributed by atoms with E-state index in [9.17, 15) is 14.9 Å². The molecule has 0 spiro atoms. The summed E-state index contributed by atoms with van der Waals surface area (Å²) in [6, 6.07) is 12.9. The van der Waals surface area contributed by atoms with Gasteiger partial charge in [-0.25, -0.2) is 0 Å². The van der Waals surface area contributed by atoms with Gasteiger partial charge in [-0.2, -0.15) is 0 Å². The topological polar surface area (TPSA) is 103 Å². The van der Waals surface area contributed by atoms with Gasteiger partial charge in [-0.1, -0.05) is 29.4 Å². The molecule has 0 radical (unpaired) electrons. The second-order valence-corrected chi connectivity index (χ2v) is 7.23. The molecule has 0 fully saturated rings. The third-order valence-electron chi connectivity index (χ3n) is 3.83. The Morgan fingerprint density at radius 3 is 2.52 bits per heavy atom. The number of thioether (sulfide) groups is 1. The number of anilines is 1. The third-order valence-corrected chi connectivity index (χ3v) is 5.04. The lowest BCUT2D eigenvalue weighted by molar-refractivity contribution is -0.384. The highest BCUT2D eigenvalue weighted by Gasteiger charge is 2.16. The molecule has 0 saturated carbocycles. The van der Waals surface area contributed by atoms with Crippen molar-refractivity contribution in [3.63, 3.8) is 0 Å². The monoisotopic (exact) mass is 429 g/mol. The first-order chi connectivity index (χ1) is 14.0. The summed E-state index contributed by atoms with van der Waals surface area (Å²) in [4.78, 5) is 22.6. The Hall–Kier alpha value is -3.17. The average Bonchev–Trinajstić information content (AvgIpc) is 3.11. The molecule has 0 aliphatic carbocycles. The maximum absolute atomic E-state index is 12.2. The number of rotatable bonds is 8. The zero-order valence-corrected chi connectivity index (χ0v) is 16.7. The van der Waals surface area contributed by atoms with E-state index in [1.165, 1.54) is 23.9 Å². The van der Waals surface area contributed by atoms with Crippen molar-refractivity contribution in [2.24, 2.45) is 0 Å². The van der Waals surface area contributed by atoms with Crippen LogP contribution in [0.25, 0.3) is 11.4 Å². The van der Waals surface area contributed by atoms with E-state index in [1.54, 1.807) is 47.0 Å². The normalized spacial score (nSPS) is 10.5. The summed E-state index contributed by atoms with van der Waals surface area (Å²) in [6.45, 7) is 4.17. The van der Waals surface area contributed by atoms with Crippen LogP contribution in [0.3, 0.4) is 0 Å². The number of hydrogen-bond donors (Lipinski definition) is 1. The summed E-state index contributed by atoms with van der Waals surface area (Å²) in [5.41, 5.74) is 1.33. The number of nitro groups is 1. The first-order valence-corrected chi connectivity index (χ1v) is 9.81. The molecule has 0 saturated heterocycles. The zero-order valence-electron chi connectivity index (χ0n) is 15.1. The lowest BCUT2D eigenvalue weighted by atomic mass is 10.2. The predicted molar refractivity (Wildman–Crippen MR) is 113 cm³/mol. The largest absolute Gasteiger partial charge is 0.325 e. The lowest BCUT2D eigenvalue weighted by Crippen LogP contribution is -2.14. The van der Waals surface area contributed by atoms with E-state index >= 15 is 0 Å². The molecule has 0 aliphatic rings. The number of non-ortho nitro benzene ring substituents is 1. The number of allylic oxidation sites excluding steroid dienone is 1. The second kappa shape index (κ2) is 9.35. The van der Waals surface area contributed by atoms with Crippen molar-refractivity contribution in [1.82, 2.24) is 14.8 Å². The fourth-order valence-corrected chi connectivity index (χ4v) is 3.37. The molecule has 0 atom stereocenters. The highest BCUT2D eigenvalue weighted by atomic mass is 35.5. The zero-order chi connectivity index (χ0) is 20.8. The fourth-order valence-electron chi connectivity index (χ4n) is 2.50. The minimum absolute atomic E-state index is 0.00277. The molecule has 1 heterocycles. The van der Waals surface area contributed by atoms with Gasteiger partial charge in [0.25, 0.3) is 5.69 Å². The molecular weight excluding hydrogens is 414 g/mol. The summed E-state index contributed by atoms with van der Waals surface area (Å²) in [5.74, 6) is 0.487. The van der Waals surface area contributed by atoms with Gasteiger partial charge in [0, 0.05) is 35.0 Å². The Balaban J connectivity index is 1.72. The van der Waals surface area contributed by atoms with Gasteiger partial charge >= 0.3 is 0 Å². The molecule has 1 aromatic heterocycles. The van der Waals surface area contributed by atoms with Gasteiger partial charge in [-0.3, -0.25) is 19.5 Å². The van der Waals surface area contributed by atoms with E-state index in [4.69, 9.17) is 11.6 Å². The number of hydrogen-bond acceptors (Lipinski definition) is 6. The molecule has 1 amide bonds. The Bertz CT molecular complexity index is 1040. The summed E-state index contributed by atoms with van der Waals surface area (Å²) < 4.78 is 1.80. The van der Waals surface area contributed by atoms with Crippen molar-refractivity contribution >= 4 is 40.6 Å². The lowest BCUT2D eigenvalue weighted by Gasteiger charge is -2.08. The van der Waals surface area contributed by atoms with E-state index in [1.807, 2.05) is 0 Å². The van der Waals surface area contributed by atoms with E-state index < -0.39 is 4.92 Å². The standard InChI is InChI=1S/C19H16ClN5O3S/c1-2-11-24-18(13-3-9-16(10-4-13)25(27)28)22-23-19(24)29-12-17(26)21-15-7-5-14(20)6-8-15/h2-10H,1,11-12H2,(H,21,26). The van der Waals surface area contributed by atoms with Crippen LogP contribution in [-0.2, 0) is 11.3 Å². The van der Waals surface area contributed by atoms with Crippen molar-refractivity contribution in [2.75, 3.05) is 11.1 Å². The molecule has 8 nitrogen and oxygen atoms in total. The van der Waals surface area contributed by atoms with Gasteiger partial charge in [0.1, 0.15) is 0 Å². The smallest absolute Gasteiger partial charge is 0.269 e. The van der Waals surface area contributed by atoms with Crippen molar-refractivity contribution in [2.45, 2.75) is 11.7 Å². The molecule has 10 heteroatoms. The van der Waals surface area contributed by atoms with Crippen molar-refractivity contribution in [3.05, 3.63) is 76.3 Å². The SMILES string of the molecule is C=CCn1c(SCC(=O)Nc2ccc(Cl)cc2)nnc1-c1ccc([N+](=O)[O-])cc1. The Labute approximate surface area is 175 Å². The Morgan fingerprint density at radius 2 is 1.90 bits per heavy atom. The minimum atomic E-state index is -0.459. The third kappa shape index (κ3) is 5.21. The molecule has 3 aromatic rings. The van der Waals surface area contributed by atoms with Gasteiger partial charge < -0.3 is 5.32 Å². The quantitative estimate of drug-likeness (QED) is 0.246. The minimum Gasteiger partial charge on any atom is -0.325 e. The molecule has 148 valence electrons. The summed E-state index contributed by atoms with van der Waals surface area (Å²) in [6.07, 6.45) is 1.69. The fraction of sp³-hybridized carbons (Fsp3) is 0.105. The Morgan fingerprint density at radius 1 is 1.21 bits per heavy atom. The molecule has 3 rings (SSSR count). The molecular formula is C19H16ClN5O3S. The van der Waals surface area contributed by atoms with Crippen LogP contribution in [-0.4, -0.2) is 31.3 Å². The van der Waals surface area contributed by atoms with E-state index in [0.717, 1.165) is 0 Å².